The van der Waals surface area contributed by atoms with Crippen molar-refractivity contribution < 1.29 is 24.0 Å². The summed E-state index contributed by atoms with van der Waals surface area (Å²) in [6.45, 7) is 1.53. The molecule has 4 rings (SSSR count). The van der Waals surface area contributed by atoms with E-state index in [9.17, 15) is 18.8 Å². The van der Waals surface area contributed by atoms with Crippen LogP contribution >= 0.6 is 0 Å². The molecule has 10 nitrogen and oxygen atoms in total. The van der Waals surface area contributed by atoms with Crippen LogP contribution in [0.15, 0.2) is 79.0 Å². The summed E-state index contributed by atoms with van der Waals surface area (Å²) in [7, 11) is 0. The number of carbonyl (C=O) groups is 3. The quantitative estimate of drug-likeness (QED) is 0.182. The van der Waals surface area contributed by atoms with E-state index in [4.69, 9.17) is 5.21 Å². The van der Waals surface area contributed by atoms with Crippen molar-refractivity contribution in [2.75, 3.05) is 5.32 Å². The summed E-state index contributed by atoms with van der Waals surface area (Å²) in [6.07, 6.45) is 1.98. The molecule has 0 bridgehead atoms. The molecule has 0 saturated heterocycles. The van der Waals surface area contributed by atoms with E-state index in [2.05, 4.69) is 20.9 Å². The maximum Gasteiger partial charge on any atom is 0.251 e. The number of carbonyl (C=O) groups excluding carboxylic acids is 3. The Morgan fingerprint density at radius 3 is 2.44 bits per heavy atom. The third-order valence-electron chi connectivity index (χ3n) is 5.95. The number of benzene rings is 3. The molecule has 0 saturated carbocycles. The second-order valence-electron chi connectivity index (χ2n) is 8.94. The summed E-state index contributed by atoms with van der Waals surface area (Å²) in [5, 5.41) is 22.8. The number of aromatic nitrogens is 3. The molecular weight excluding hydrogens is 503 g/mol. The lowest BCUT2D eigenvalue weighted by molar-refractivity contribution is -0.130. The lowest BCUT2D eigenvalue weighted by Crippen LogP contribution is -2.25. The van der Waals surface area contributed by atoms with Gasteiger partial charge in [-0.15, -0.1) is 5.10 Å². The number of hydroxylamine groups is 1. The zero-order valence-electron chi connectivity index (χ0n) is 21.1. The topological polar surface area (TPSA) is 138 Å². The van der Waals surface area contributed by atoms with Gasteiger partial charge in [0.15, 0.2) is 0 Å². The van der Waals surface area contributed by atoms with Crippen LogP contribution in [0.2, 0.25) is 0 Å². The molecule has 1 unspecified atom stereocenters. The summed E-state index contributed by atoms with van der Waals surface area (Å²) in [4.78, 5) is 35.6. The van der Waals surface area contributed by atoms with Gasteiger partial charge in [-0.2, -0.15) is 0 Å². The molecule has 4 aromatic rings. The average Bonchev–Trinajstić information content (AvgIpc) is 3.41. The Labute approximate surface area is 223 Å². The van der Waals surface area contributed by atoms with Crippen LogP contribution in [-0.2, 0) is 22.6 Å². The average molecular weight is 531 g/mol. The summed E-state index contributed by atoms with van der Waals surface area (Å²) < 4.78 is 14.6. The van der Waals surface area contributed by atoms with E-state index < -0.39 is 17.8 Å². The fourth-order valence-corrected chi connectivity index (χ4v) is 4.07. The van der Waals surface area contributed by atoms with Crippen molar-refractivity contribution in [3.8, 4) is 11.1 Å². The first-order valence-electron chi connectivity index (χ1n) is 12.1. The maximum atomic E-state index is 13.1. The summed E-state index contributed by atoms with van der Waals surface area (Å²) in [5.74, 6) is -1.54. The van der Waals surface area contributed by atoms with Crippen molar-refractivity contribution in [3.05, 3.63) is 102 Å². The van der Waals surface area contributed by atoms with E-state index in [-0.39, 0.29) is 24.8 Å². The second kappa shape index (κ2) is 12.6. The number of anilines is 1. The molecule has 3 aromatic carbocycles. The Kier molecular flexibility index (Phi) is 8.75. The minimum atomic E-state index is -0.577. The number of amides is 3. The molecule has 0 aliphatic carbocycles. The SMILES string of the molecule is CC(=O)Nc1ccc(-c2cccc(CC(CC(=O)NO)n3cc(CNC(=O)c4ccc(F)cc4)nn3)c2)cc1. The van der Waals surface area contributed by atoms with Crippen LogP contribution in [0.5, 0.6) is 0 Å². The summed E-state index contributed by atoms with van der Waals surface area (Å²) in [6, 6.07) is 20.0. The highest BCUT2D eigenvalue weighted by molar-refractivity contribution is 5.94. The molecule has 0 radical (unpaired) electrons. The van der Waals surface area contributed by atoms with Gasteiger partial charge in [-0.05, 0) is 59.5 Å². The maximum absolute atomic E-state index is 13.1. The van der Waals surface area contributed by atoms with Crippen molar-refractivity contribution in [2.45, 2.75) is 32.4 Å². The molecule has 200 valence electrons. The molecule has 0 aliphatic rings. The standard InChI is InChI=1S/C28H27FN6O4/c1-18(36)31-24-11-7-20(8-12-24)22-4-2-3-19(13-22)14-26(15-27(37)33-39)35-17-25(32-34-35)16-30-28(38)21-5-9-23(29)10-6-21/h2-13,17,26,39H,14-16H2,1H3,(H,30,38)(H,31,36)(H,33,37). The molecular formula is C28H27FN6O4. The number of nitrogens with zero attached hydrogens (tertiary/aromatic N) is 3. The highest BCUT2D eigenvalue weighted by Crippen LogP contribution is 2.25. The molecule has 3 amide bonds. The fraction of sp³-hybridized carbons (Fsp3) is 0.179. The van der Waals surface area contributed by atoms with E-state index in [1.54, 1.807) is 11.7 Å². The smallest absolute Gasteiger partial charge is 0.251 e. The predicted octanol–water partition coefficient (Wildman–Crippen LogP) is 3.65. The molecule has 1 atom stereocenters. The Morgan fingerprint density at radius 1 is 1.00 bits per heavy atom. The van der Waals surface area contributed by atoms with Gasteiger partial charge in [-0.25, -0.2) is 14.6 Å². The highest BCUT2D eigenvalue weighted by atomic mass is 19.1. The van der Waals surface area contributed by atoms with Crippen molar-refractivity contribution in [1.29, 1.82) is 0 Å². The minimum absolute atomic E-state index is 0.0587. The summed E-state index contributed by atoms with van der Waals surface area (Å²) >= 11 is 0. The normalized spacial score (nSPS) is 11.5. The van der Waals surface area contributed by atoms with E-state index in [0.717, 1.165) is 16.7 Å². The number of hydrogen-bond donors (Lipinski definition) is 4. The first-order chi connectivity index (χ1) is 18.8. The van der Waals surface area contributed by atoms with Crippen LogP contribution in [0.4, 0.5) is 10.1 Å². The number of rotatable bonds is 10. The monoisotopic (exact) mass is 530 g/mol. The molecule has 1 aromatic heterocycles. The number of nitrogens with one attached hydrogen (secondary N) is 3. The van der Waals surface area contributed by atoms with Crippen LogP contribution < -0.4 is 16.1 Å². The van der Waals surface area contributed by atoms with Gasteiger partial charge in [0.2, 0.25) is 11.8 Å². The lowest BCUT2D eigenvalue weighted by Gasteiger charge is -2.17. The molecule has 11 heteroatoms. The third-order valence-corrected chi connectivity index (χ3v) is 5.95. The van der Waals surface area contributed by atoms with E-state index in [0.29, 0.717) is 23.4 Å². The number of hydrogen-bond acceptors (Lipinski definition) is 6. The first-order valence-corrected chi connectivity index (χ1v) is 12.1. The third kappa shape index (κ3) is 7.55. The lowest BCUT2D eigenvalue weighted by atomic mass is 9.98. The first kappa shape index (κ1) is 27.1. The van der Waals surface area contributed by atoms with Crippen LogP contribution in [0.3, 0.4) is 0 Å². The number of halogens is 1. The van der Waals surface area contributed by atoms with Gasteiger partial charge in [0.05, 0.1) is 25.2 Å². The van der Waals surface area contributed by atoms with Crippen molar-refractivity contribution >= 4 is 23.4 Å². The van der Waals surface area contributed by atoms with Crippen LogP contribution in [0, 0.1) is 5.82 Å². The molecule has 0 fully saturated rings. The van der Waals surface area contributed by atoms with Gasteiger partial charge < -0.3 is 10.6 Å². The van der Waals surface area contributed by atoms with E-state index >= 15 is 0 Å². The van der Waals surface area contributed by atoms with Gasteiger partial charge in [-0.3, -0.25) is 19.6 Å². The zero-order chi connectivity index (χ0) is 27.8. The zero-order valence-corrected chi connectivity index (χ0v) is 21.1. The largest absolute Gasteiger partial charge is 0.346 e. The second-order valence-corrected chi connectivity index (χ2v) is 8.94. The Bertz CT molecular complexity index is 1450. The fourth-order valence-electron chi connectivity index (χ4n) is 4.07. The van der Waals surface area contributed by atoms with Crippen molar-refractivity contribution in [1.82, 2.24) is 25.8 Å². The van der Waals surface area contributed by atoms with Gasteiger partial charge in [0.1, 0.15) is 11.5 Å². The molecule has 1 heterocycles. The highest BCUT2D eigenvalue weighted by Gasteiger charge is 2.19. The predicted molar refractivity (Wildman–Crippen MR) is 141 cm³/mol. The van der Waals surface area contributed by atoms with Crippen LogP contribution in [-0.4, -0.2) is 37.9 Å². The Hall–Kier alpha value is -4.90. The Balaban J connectivity index is 1.47. The van der Waals surface area contributed by atoms with Crippen molar-refractivity contribution in [2.24, 2.45) is 0 Å². The molecule has 0 aliphatic heterocycles. The van der Waals surface area contributed by atoms with Crippen molar-refractivity contribution in [3.63, 3.8) is 0 Å². The van der Waals surface area contributed by atoms with E-state index in [1.165, 1.54) is 35.9 Å². The van der Waals surface area contributed by atoms with E-state index in [1.807, 2.05) is 48.5 Å². The van der Waals surface area contributed by atoms with Crippen LogP contribution in [0.25, 0.3) is 11.1 Å². The van der Waals surface area contributed by atoms with Gasteiger partial charge in [0.25, 0.3) is 5.91 Å². The van der Waals surface area contributed by atoms with Gasteiger partial charge >= 0.3 is 0 Å². The minimum Gasteiger partial charge on any atom is -0.346 e. The molecule has 0 spiro atoms. The summed E-state index contributed by atoms with van der Waals surface area (Å²) in [5.41, 5.74) is 5.98. The Morgan fingerprint density at radius 2 is 1.74 bits per heavy atom. The van der Waals surface area contributed by atoms with Gasteiger partial charge in [-0.1, -0.05) is 41.6 Å². The van der Waals surface area contributed by atoms with Gasteiger partial charge in [0, 0.05) is 18.2 Å². The van der Waals surface area contributed by atoms with Crippen LogP contribution in [0.1, 0.15) is 41.0 Å². The molecule has 4 N–H and O–H groups in total. The molecule has 39 heavy (non-hydrogen) atoms.